The van der Waals surface area contributed by atoms with Gasteiger partial charge in [-0.2, -0.15) is 0 Å². The zero-order valence-corrected chi connectivity index (χ0v) is 21.1. The number of nitrogens with one attached hydrogen (secondary N) is 1. The normalized spacial score (nSPS) is 14.9. The number of sulfonamides is 1. The van der Waals surface area contributed by atoms with Crippen molar-refractivity contribution >= 4 is 27.3 Å². The van der Waals surface area contributed by atoms with Gasteiger partial charge in [0.05, 0.1) is 18.3 Å². The lowest BCUT2D eigenvalue weighted by Gasteiger charge is -2.31. The summed E-state index contributed by atoms with van der Waals surface area (Å²) in [5, 5.41) is 14.1. The fourth-order valence-electron chi connectivity index (χ4n) is 4.27. The second kappa shape index (κ2) is 11.5. The molecule has 0 bridgehead atoms. The SMILES string of the molecule is CC[C@H](C(=O)NCc1ccc(CN2CCCC2)cc1)N(c1cc([N+](=O)[O-])ccc1OC)S(C)(=O)=O. The summed E-state index contributed by atoms with van der Waals surface area (Å²) in [6.45, 7) is 5.03. The van der Waals surface area contributed by atoms with Crippen LogP contribution < -0.4 is 14.4 Å². The van der Waals surface area contributed by atoms with E-state index in [4.69, 9.17) is 4.74 Å². The van der Waals surface area contributed by atoms with E-state index in [1.54, 1.807) is 6.92 Å². The van der Waals surface area contributed by atoms with E-state index < -0.39 is 26.9 Å². The van der Waals surface area contributed by atoms with Gasteiger partial charge < -0.3 is 10.1 Å². The maximum Gasteiger partial charge on any atom is 0.271 e. The van der Waals surface area contributed by atoms with Gasteiger partial charge in [-0.05, 0) is 49.5 Å². The van der Waals surface area contributed by atoms with Crippen LogP contribution in [-0.4, -0.2) is 56.6 Å². The Balaban J connectivity index is 1.77. The standard InChI is InChI=1S/C24H32N4O6S/c1-4-21(27(35(3,32)33)22-15-20(28(30)31)11-12-23(22)34-2)24(29)25-16-18-7-9-19(10-8-18)17-26-13-5-6-14-26/h7-12,15,21H,4-6,13-14,16-17H2,1-3H3,(H,25,29)/t21-/m1/s1. The van der Waals surface area contributed by atoms with Crippen molar-refractivity contribution in [2.75, 3.05) is 30.8 Å². The van der Waals surface area contributed by atoms with Gasteiger partial charge in [-0.1, -0.05) is 31.2 Å². The molecular formula is C24H32N4O6S. The number of methoxy groups -OCH3 is 1. The van der Waals surface area contributed by atoms with Gasteiger partial charge in [-0.15, -0.1) is 0 Å². The average molecular weight is 505 g/mol. The molecular weight excluding hydrogens is 472 g/mol. The summed E-state index contributed by atoms with van der Waals surface area (Å²) in [6.07, 6.45) is 3.57. The summed E-state index contributed by atoms with van der Waals surface area (Å²) in [5.74, 6) is -0.395. The predicted molar refractivity (Wildman–Crippen MR) is 134 cm³/mol. The van der Waals surface area contributed by atoms with Crippen LogP contribution in [0, 0.1) is 10.1 Å². The number of nitro groups is 1. The Bertz CT molecular complexity index is 1150. The minimum Gasteiger partial charge on any atom is -0.495 e. The molecule has 1 atom stereocenters. The van der Waals surface area contributed by atoms with Crippen molar-refractivity contribution in [1.82, 2.24) is 10.2 Å². The number of likely N-dealkylation sites (tertiary alicyclic amines) is 1. The molecule has 2 aromatic rings. The minimum absolute atomic E-state index is 0.0579. The number of nitrogens with zero attached hydrogens (tertiary/aromatic N) is 3. The van der Waals surface area contributed by atoms with Crippen LogP contribution in [0.3, 0.4) is 0 Å². The number of hydrogen-bond donors (Lipinski definition) is 1. The van der Waals surface area contributed by atoms with E-state index in [9.17, 15) is 23.3 Å². The molecule has 1 fully saturated rings. The largest absolute Gasteiger partial charge is 0.495 e. The number of hydrogen-bond acceptors (Lipinski definition) is 7. The zero-order valence-electron chi connectivity index (χ0n) is 20.3. The average Bonchev–Trinajstić information content (AvgIpc) is 3.33. The molecule has 0 spiro atoms. The Kier molecular flexibility index (Phi) is 8.68. The monoisotopic (exact) mass is 504 g/mol. The smallest absolute Gasteiger partial charge is 0.271 e. The van der Waals surface area contributed by atoms with Crippen molar-refractivity contribution in [1.29, 1.82) is 0 Å². The van der Waals surface area contributed by atoms with Crippen LogP contribution in [-0.2, 0) is 27.9 Å². The first-order valence-electron chi connectivity index (χ1n) is 11.5. The second-order valence-corrected chi connectivity index (χ2v) is 10.5. The molecule has 1 saturated heterocycles. The number of carbonyl (C=O) groups excluding carboxylic acids is 1. The summed E-state index contributed by atoms with van der Waals surface area (Å²) in [5.41, 5.74) is 1.72. The van der Waals surface area contributed by atoms with Crippen LogP contribution in [0.2, 0.25) is 0 Å². The van der Waals surface area contributed by atoms with Crippen LogP contribution in [0.1, 0.15) is 37.3 Å². The van der Waals surface area contributed by atoms with Crippen molar-refractivity contribution in [2.24, 2.45) is 0 Å². The van der Waals surface area contributed by atoms with Gasteiger partial charge in [0.2, 0.25) is 15.9 Å². The van der Waals surface area contributed by atoms with Crippen LogP contribution in [0.4, 0.5) is 11.4 Å². The first-order valence-corrected chi connectivity index (χ1v) is 13.4. The molecule has 2 aromatic carbocycles. The van der Waals surface area contributed by atoms with Crippen molar-refractivity contribution < 1.29 is 22.9 Å². The highest BCUT2D eigenvalue weighted by Crippen LogP contribution is 2.35. The molecule has 0 saturated carbocycles. The van der Waals surface area contributed by atoms with Crippen LogP contribution >= 0.6 is 0 Å². The highest BCUT2D eigenvalue weighted by molar-refractivity contribution is 7.92. The fourth-order valence-corrected chi connectivity index (χ4v) is 5.48. The maximum atomic E-state index is 13.1. The molecule has 0 aliphatic carbocycles. The number of rotatable bonds is 11. The molecule has 0 unspecified atom stereocenters. The van der Waals surface area contributed by atoms with Gasteiger partial charge in [0.25, 0.3) is 5.69 Å². The van der Waals surface area contributed by atoms with E-state index in [-0.39, 0.29) is 30.1 Å². The van der Waals surface area contributed by atoms with Gasteiger partial charge >= 0.3 is 0 Å². The van der Waals surface area contributed by atoms with Gasteiger partial charge in [0.1, 0.15) is 17.5 Å². The Morgan fingerprint density at radius 1 is 1.17 bits per heavy atom. The number of non-ortho nitro benzene ring substituents is 1. The summed E-state index contributed by atoms with van der Waals surface area (Å²) in [6, 6.07) is 10.5. The highest BCUT2D eigenvalue weighted by Gasteiger charge is 2.34. The quantitative estimate of drug-likeness (QED) is 0.369. The number of ether oxygens (including phenoxy) is 1. The van der Waals surface area contributed by atoms with Crippen molar-refractivity contribution in [3.8, 4) is 5.75 Å². The number of anilines is 1. The Labute approximate surface area is 206 Å². The molecule has 1 aliphatic heterocycles. The number of carbonyl (C=O) groups is 1. The van der Waals surface area contributed by atoms with Gasteiger partial charge in [-0.3, -0.25) is 24.1 Å². The number of benzene rings is 2. The first kappa shape index (κ1) is 26.4. The molecule has 1 amide bonds. The Hall–Kier alpha value is -3.18. The molecule has 0 radical (unpaired) electrons. The van der Waals surface area contributed by atoms with Crippen molar-refractivity contribution in [3.63, 3.8) is 0 Å². The summed E-state index contributed by atoms with van der Waals surface area (Å²) in [4.78, 5) is 26.2. The zero-order chi connectivity index (χ0) is 25.6. The van der Waals surface area contributed by atoms with Crippen molar-refractivity contribution in [2.45, 2.75) is 45.3 Å². The predicted octanol–water partition coefficient (Wildman–Crippen LogP) is 3.06. The van der Waals surface area contributed by atoms with Crippen LogP contribution in [0.15, 0.2) is 42.5 Å². The van der Waals surface area contributed by atoms with Gasteiger partial charge in [0.15, 0.2) is 0 Å². The van der Waals surface area contributed by atoms with E-state index in [1.165, 1.54) is 37.6 Å². The molecule has 0 aromatic heterocycles. The van der Waals surface area contributed by atoms with E-state index >= 15 is 0 Å². The third kappa shape index (κ3) is 6.70. The molecule has 1 heterocycles. The first-order chi connectivity index (χ1) is 16.6. The molecule has 35 heavy (non-hydrogen) atoms. The lowest BCUT2D eigenvalue weighted by atomic mass is 10.1. The lowest BCUT2D eigenvalue weighted by molar-refractivity contribution is -0.384. The van der Waals surface area contributed by atoms with E-state index in [2.05, 4.69) is 10.2 Å². The minimum atomic E-state index is -3.98. The third-order valence-corrected chi connectivity index (χ3v) is 7.20. The number of nitro benzene ring substituents is 1. The van der Waals surface area contributed by atoms with Crippen molar-refractivity contribution in [3.05, 3.63) is 63.7 Å². The second-order valence-electron chi connectivity index (χ2n) is 8.61. The van der Waals surface area contributed by atoms with Crippen LogP contribution in [0.25, 0.3) is 0 Å². The van der Waals surface area contributed by atoms with E-state index in [1.807, 2.05) is 24.3 Å². The lowest BCUT2D eigenvalue weighted by Crippen LogP contribution is -2.49. The summed E-state index contributed by atoms with van der Waals surface area (Å²) < 4.78 is 31.7. The maximum absolute atomic E-state index is 13.1. The molecule has 10 nitrogen and oxygen atoms in total. The van der Waals surface area contributed by atoms with Crippen LogP contribution in [0.5, 0.6) is 5.75 Å². The number of amides is 1. The molecule has 3 rings (SSSR count). The summed E-state index contributed by atoms with van der Waals surface area (Å²) in [7, 11) is -2.65. The highest BCUT2D eigenvalue weighted by atomic mass is 32.2. The molecule has 190 valence electrons. The topological polar surface area (TPSA) is 122 Å². The molecule has 11 heteroatoms. The molecule has 1 aliphatic rings. The Morgan fingerprint density at radius 2 is 1.80 bits per heavy atom. The third-order valence-electron chi connectivity index (χ3n) is 6.03. The van der Waals surface area contributed by atoms with Gasteiger partial charge in [0, 0.05) is 25.2 Å². The summed E-state index contributed by atoms with van der Waals surface area (Å²) >= 11 is 0. The molecule has 1 N–H and O–H groups in total. The fraction of sp³-hybridized carbons (Fsp3) is 0.458. The van der Waals surface area contributed by atoms with E-state index in [0.717, 1.165) is 41.8 Å². The van der Waals surface area contributed by atoms with Gasteiger partial charge in [-0.25, -0.2) is 8.42 Å². The Morgan fingerprint density at radius 3 is 2.34 bits per heavy atom. The van der Waals surface area contributed by atoms with E-state index in [0.29, 0.717) is 0 Å².